The number of hydrogen-bond donors (Lipinski definition) is 1. The summed E-state index contributed by atoms with van der Waals surface area (Å²) in [6.07, 6.45) is 1.91. The molecule has 1 N–H and O–H groups in total. The molecule has 0 unspecified atom stereocenters. The summed E-state index contributed by atoms with van der Waals surface area (Å²) in [6, 6.07) is 23.9. The predicted octanol–water partition coefficient (Wildman–Crippen LogP) is 7.55. The first-order valence-corrected chi connectivity index (χ1v) is 13.3. The van der Waals surface area contributed by atoms with Crippen molar-refractivity contribution < 1.29 is 19.2 Å². The summed E-state index contributed by atoms with van der Waals surface area (Å²) in [5, 5.41) is 13.9. The van der Waals surface area contributed by atoms with Crippen molar-refractivity contribution >= 4 is 17.8 Å². The van der Waals surface area contributed by atoms with E-state index in [1.165, 1.54) is 5.56 Å². The molecule has 1 aliphatic heterocycles. The molecule has 196 valence electrons. The van der Waals surface area contributed by atoms with E-state index in [1.54, 1.807) is 0 Å². The first kappa shape index (κ1) is 25.9. The van der Waals surface area contributed by atoms with Gasteiger partial charge < -0.3 is 14.4 Å². The third-order valence-corrected chi connectivity index (χ3v) is 7.43. The van der Waals surface area contributed by atoms with Gasteiger partial charge in [0.2, 0.25) is 5.82 Å². The highest BCUT2D eigenvalue weighted by molar-refractivity contribution is 6.33. The second-order valence-electron chi connectivity index (χ2n) is 9.76. The minimum absolute atomic E-state index is 0.415. The summed E-state index contributed by atoms with van der Waals surface area (Å²) in [5.74, 6) is 0.931. The van der Waals surface area contributed by atoms with Gasteiger partial charge in [-0.15, -0.1) is 0 Å². The maximum Gasteiger partial charge on any atom is 0.506 e. The number of piperidine rings is 1. The summed E-state index contributed by atoms with van der Waals surface area (Å²) in [6.45, 7) is 4.45. The molecule has 4 aromatic rings. The molecule has 7 nitrogen and oxygen atoms in total. The van der Waals surface area contributed by atoms with Crippen molar-refractivity contribution in [3.63, 3.8) is 0 Å². The van der Waals surface area contributed by atoms with Gasteiger partial charge >= 0.3 is 6.16 Å². The molecule has 0 amide bonds. The normalized spacial score (nSPS) is 15.3. The van der Waals surface area contributed by atoms with E-state index >= 15 is 0 Å². The van der Waals surface area contributed by atoms with Crippen molar-refractivity contribution in [3.8, 4) is 34.0 Å². The zero-order valence-electron chi connectivity index (χ0n) is 21.3. The van der Waals surface area contributed by atoms with E-state index in [4.69, 9.17) is 26.0 Å². The van der Waals surface area contributed by atoms with Gasteiger partial charge in [0, 0.05) is 54.2 Å². The third kappa shape index (κ3) is 5.90. The van der Waals surface area contributed by atoms with E-state index in [-0.39, 0.29) is 0 Å². The van der Waals surface area contributed by atoms with Crippen molar-refractivity contribution in [1.29, 1.82) is 0 Å². The maximum absolute atomic E-state index is 11.2. The second kappa shape index (κ2) is 11.4. The van der Waals surface area contributed by atoms with Crippen LogP contribution in [0.1, 0.15) is 38.2 Å². The summed E-state index contributed by atoms with van der Waals surface area (Å²) in [5.41, 5.74) is 4.25. The standard InChI is InChI=1S/C30H30ClN3O4/c1-2-14-30(37-29(35)36)15-17-34(18-16-30)20-21-8-10-23(11-9-21)27-32-28(38-33-27)24-12-13-25(26(31)19-24)22-6-4-3-5-7-22/h3-13,19H,2,14-18,20H2,1H3,(H,35,36). The molecule has 2 heterocycles. The molecule has 1 saturated heterocycles. The molecule has 1 fully saturated rings. The number of carboxylic acid groups (broad SMARTS) is 1. The van der Waals surface area contributed by atoms with E-state index < -0.39 is 11.8 Å². The van der Waals surface area contributed by atoms with Crippen molar-refractivity contribution in [1.82, 2.24) is 15.0 Å². The Hall–Kier alpha value is -3.68. The van der Waals surface area contributed by atoms with Gasteiger partial charge in [-0.2, -0.15) is 4.98 Å². The number of ether oxygens (including phenoxy) is 1. The zero-order chi connectivity index (χ0) is 26.5. The molecule has 0 bridgehead atoms. The maximum atomic E-state index is 11.2. The van der Waals surface area contributed by atoms with Gasteiger partial charge in [0.1, 0.15) is 5.60 Å². The first-order valence-electron chi connectivity index (χ1n) is 12.9. The number of carbonyl (C=O) groups is 1. The van der Waals surface area contributed by atoms with Crippen LogP contribution in [0.4, 0.5) is 4.79 Å². The quantitative estimate of drug-likeness (QED) is 0.235. The van der Waals surface area contributed by atoms with Crippen molar-refractivity contribution in [2.24, 2.45) is 0 Å². The number of halogens is 1. The highest BCUT2D eigenvalue weighted by Crippen LogP contribution is 2.33. The second-order valence-corrected chi connectivity index (χ2v) is 10.2. The van der Waals surface area contributed by atoms with Crippen LogP contribution in [0.2, 0.25) is 5.02 Å². The fourth-order valence-electron chi connectivity index (χ4n) is 5.14. The molecule has 1 aromatic heterocycles. The molecule has 0 saturated carbocycles. The van der Waals surface area contributed by atoms with Gasteiger partial charge in [-0.3, -0.25) is 4.90 Å². The lowest BCUT2D eigenvalue weighted by Crippen LogP contribution is -2.46. The van der Waals surface area contributed by atoms with Gasteiger partial charge in [-0.25, -0.2) is 4.79 Å². The molecule has 1 aliphatic rings. The lowest BCUT2D eigenvalue weighted by molar-refractivity contribution is -0.0625. The number of aromatic nitrogens is 2. The average Bonchev–Trinajstić information content (AvgIpc) is 3.41. The zero-order valence-corrected chi connectivity index (χ0v) is 22.0. The highest BCUT2D eigenvalue weighted by atomic mass is 35.5. The van der Waals surface area contributed by atoms with Crippen molar-refractivity contribution in [3.05, 3.63) is 83.4 Å². The number of hydrogen-bond acceptors (Lipinski definition) is 6. The number of rotatable bonds is 8. The smallest absolute Gasteiger partial charge is 0.450 e. The molecular formula is C30H30ClN3O4. The van der Waals surface area contributed by atoms with Crippen LogP contribution in [0.15, 0.2) is 77.3 Å². The van der Waals surface area contributed by atoms with Crippen LogP contribution in [-0.4, -0.2) is 45.0 Å². The summed E-state index contributed by atoms with van der Waals surface area (Å²) in [7, 11) is 0. The molecule has 5 rings (SSSR count). The average molecular weight is 532 g/mol. The minimum atomic E-state index is -1.18. The Bertz CT molecular complexity index is 1380. The van der Waals surface area contributed by atoms with E-state index in [0.29, 0.717) is 29.6 Å². The lowest BCUT2D eigenvalue weighted by atomic mass is 9.86. The minimum Gasteiger partial charge on any atom is -0.450 e. The highest BCUT2D eigenvalue weighted by Gasteiger charge is 2.37. The van der Waals surface area contributed by atoms with E-state index in [0.717, 1.165) is 54.7 Å². The molecule has 3 aromatic carbocycles. The Labute approximate surface area is 227 Å². The molecule has 0 radical (unpaired) electrons. The Balaban J connectivity index is 1.22. The van der Waals surface area contributed by atoms with Crippen LogP contribution in [0.5, 0.6) is 0 Å². The van der Waals surface area contributed by atoms with Gasteiger partial charge in [0.25, 0.3) is 5.89 Å². The molecule has 0 aliphatic carbocycles. The fraction of sp³-hybridized carbons (Fsp3) is 0.300. The van der Waals surface area contributed by atoms with Crippen LogP contribution < -0.4 is 0 Å². The van der Waals surface area contributed by atoms with Gasteiger partial charge in [0.15, 0.2) is 0 Å². The molecular weight excluding hydrogens is 502 g/mol. The van der Waals surface area contributed by atoms with Crippen LogP contribution in [0, 0.1) is 0 Å². The molecule has 0 atom stereocenters. The van der Waals surface area contributed by atoms with Gasteiger partial charge in [0.05, 0.1) is 0 Å². The number of nitrogens with zero attached hydrogens (tertiary/aromatic N) is 3. The van der Waals surface area contributed by atoms with Crippen molar-refractivity contribution in [2.45, 2.75) is 44.8 Å². The Morgan fingerprint density at radius 1 is 1.03 bits per heavy atom. The summed E-state index contributed by atoms with van der Waals surface area (Å²) >= 11 is 6.56. The molecule has 38 heavy (non-hydrogen) atoms. The van der Waals surface area contributed by atoms with Crippen LogP contribution in [0.25, 0.3) is 34.0 Å². The lowest BCUT2D eigenvalue weighted by Gasteiger charge is -2.40. The Morgan fingerprint density at radius 2 is 1.74 bits per heavy atom. The van der Waals surface area contributed by atoms with E-state index in [1.807, 2.05) is 60.7 Å². The predicted molar refractivity (Wildman–Crippen MR) is 147 cm³/mol. The van der Waals surface area contributed by atoms with Gasteiger partial charge in [-0.05, 0) is 29.7 Å². The fourth-order valence-corrected chi connectivity index (χ4v) is 5.43. The van der Waals surface area contributed by atoms with Crippen LogP contribution >= 0.6 is 11.6 Å². The van der Waals surface area contributed by atoms with Crippen molar-refractivity contribution in [2.75, 3.05) is 13.1 Å². The third-order valence-electron chi connectivity index (χ3n) is 7.12. The van der Waals surface area contributed by atoms with E-state index in [9.17, 15) is 4.79 Å². The molecule has 0 spiro atoms. The van der Waals surface area contributed by atoms with E-state index in [2.05, 4.69) is 34.1 Å². The monoisotopic (exact) mass is 531 g/mol. The SMILES string of the molecule is CCCC1(OC(=O)O)CCN(Cc2ccc(-c3noc(-c4ccc(-c5ccccc5)c(Cl)c4)n3)cc2)CC1. The Morgan fingerprint density at radius 3 is 2.39 bits per heavy atom. The summed E-state index contributed by atoms with van der Waals surface area (Å²) < 4.78 is 10.9. The number of benzene rings is 3. The van der Waals surface area contributed by atoms with Crippen LogP contribution in [0.3, 0.4) is 0 Å². The van der Waals surface area contributed by atoms with Crippen LogP contribution in [-0.2, 0) is 11.3 Å². The first-order chi connectivity index (χ1) is 18.4. The Kier molecular flexibility index (Phi) is 7.77. The van der Waals surface area contributed by atoms with Gasteiger partial charge in [-0.1, -0.05) is 90.8 Å². The largest absolute Gasteiger partial charge is 0.506 e. The number of likely N-dealkylation sites (tertiary alicyclic amines) is 1. The molecule has 8 heteroatoms. The summed E-state index contributed by atoms with van der Waals surface area (Å²) in [4.78, 5) is 18.1. The topological polar surface area (TPSA) is 88.7 Å².